The second-order valence-corrected chi connectivity index (χ2v) is 4.12. The predicted octanol–water partition coefficient (Wildman–Crippen LogP) is 0.109. The third-order valence-corrected chi connectivity index (χ3v) is 2.67. The summed E-state index contributed by atoms with van der Waals surface area (Å²) in [6.07, 6.45) is 0. The van der Waals surface area contributed by atoms with Crippen molar-refractivity contribution in [2.45, 2.75) is 0 Å². The molecule has 110 valence electrons. The number of carboxylic acids is 1. The first-order chi connectivity index (χ1) is 9.81. The average molecular weight is 295 g/mol. The number of hydrogen-bond donors (Lipinski definition) is 1. The number of carbonyl (C=O) groups is 1. The summed E-state index contributed by atoms with van der Waals surface area (Å²) in [5.41, 5.74) is -1.96. The second kappa shape index (κ2) is 5.19. The topological polar surface area (TPSA) is 103 Å². The SMILES string of the molecule is Cn1nc(Oc2ccc(F)cc2C(=O)O)c(=O)n(C)c1=O. The number of aromatic nitrogens is 3. The molecule has 9 heteroatoms. The number of halogens is 1. The quantitative estimate of drug-likeness (QED) is 0.862. The van der Waals surface area contributed by atoms with E-state index in [1.807, 2.05) is 0 Å². The fourth-order valence-electron chi connectivity index (χ4n) is 1.60. The summed E-state index contributed by atoms with van der Waals surface area (Å²) >= 11 is 0. The van der Waals surface area contributed by atoms with Gasteiger partial charge in [0.25, 0.3) is 0 Å². The van der Waals surface area contributed by atoms with Gasteiger partial charge in [0.2, 0.25) is 0 Å². The van der Waals surface area contributed by atoms with Crippen molar-refractivity contribution in [2.75, 3.05) is 0 Å². The molecule has 1 aromatic heterocycles. The fraction of sp³-hybridized carbons (Fsp3) is 0.167. The van der Waals surface area contributed by atoms with E-state index in [4.69, 9.17) is 9.84 Å². The Morgan fingerprint density at radius 1 is 1.33 bits per heavy atom. The zero-order valence-electron chi connectivity index (χ0n) is 11.0. The number of aromatic carboxylic acids is 1. The first kappa shape index (κ1) is 14.4. The Labute approximate surface area is 116 Å². The lowest BCUT2D eigenvalue weighted by atomic mass is 10.2. The van der Waals surface area contributed by atoms with Crippen LogP contribution in [0, 0.1) is 5.82 Å². The smallest absolute Gasteiger partial charge is 0.347 e. The highest BCUT2D eigenvalue weighted by Gasteiger charge is 2.17. The Morgan fingerprint density at radius 3 is 2.62 bits per heavy atom. The van der Waals surface area contributed by atoms with Crippen molar-refractivity contribution < 1.29 is 19.0 Å². The molecule has 21 heavy (non-hydrogen) atoms. The van der Waals surface area contributed by atoms with Crippen LogP contribution < -0.4 is 16.0 Å². The van der Waals surface area contributed by atoms with Crippen molar-refractivity contribution >= 4 is 5.97 Å². The molecule has 0 bridgehead atoms. The minimum absolute atomic E-state index is 0.257. The van der Waals surface area contributed by atoms with Gasteiger partial charge >= 0.3 is 23.1 Å². The van der Waals surface area contributed by atoms with Crippen molar-refractivity contribution in [2.24, 2.45) is 14.1 Å². The van der Waals surface area contributed by atoms with Gasteiger partial charge in [-0.3, -0.25) is 9.36 Å². The number of aryl methyl sites for hydroxylation is 1. The van der Waals surface area contributed by atoms with Gasteiger partial charge in [0, 0.05) is 14.1 Å². The molecule has 0 spiro atoms. The highest BCUT2D eigenvalue weighted by atomic mass is 19.1. The third kappa shape index (κ3) is 2.66. The maximum Gasteiger partial charge on any atom is 0.347 e. The molecule has 8 nitrogen and oxygen atoms in total. The van der Waals surface area contributed by atoms with Crippen LogP contribution in [-0.2, 0) is 14.1 Å². The van der Waals surface area contributed by atoms with Gasteiger partial charge in [-0.2, -0.15) is 0 Å². The molecule has 0 atom stereocenters. The third-order valence-electron chi connectivity index (χ3n) is 2.67. The molecule has 0 saturated carbocycles. The molecule has 1 N–H and O–H groups in total. The zero-order valence-corrected chi connectivity index (χ0v) is 11.0. The molecule has 0 aliphatic rings. The van der Waals surface area contributed by atoms with E-state index in [9.17, 15) is 18.8 Å². The highest BCUT2D eigenvalue weighted by Crippen LogP contribution is 2.23. The monoisotopic (exact) mass is 295 g/mol. The Hall–Kier alpha value is -2.97. The summed E-state index contributed by atoms with van der Waals surface area (Å²) < 4.78 is 19.8. The van der Waals surface area contributed by atoms with Crippen LogP contribution in [0.15, 0.2) is 27.8 Å². The average Bonchev–Trinajstić information content (AvgIpc) is 2.44. The minimum Gasteiger partial charge on any atom is -0.478 e. The normalized spacial score (nSPS) is 10.4. The van der Waals surface area contributed by atoms with Gasteiger partial charge in [0.15, 0.2) is 0 Å². The number of benzene rings is 1. The minimum atomic E-state index is -1.42. The van der Waals surface area contributed by atoms with Crippen LogP contribution in [0.3, 0.4) is 0 Å². The zero-order chi connectivity index (χ0) is 15.7. The van der Waals surface area contributed by atoms with E-state index < -0.39 is 34.5 Å². The van der Waals surface area contributed by atoms with Crippen LogP contribution in [0.4, 0.5) is 4.39 Å². The Morgan fingerprint density at radius 2 is 2.00 bits per heavy atom. The van der Waals surface area contributed by atoms with Crippen molar-refractivity contribution in [1.82, 2.24) is 14.3 Å². The van der Waals surface area contributed by atoms with Crippen molar-refractivity contribution in [3.05, 3.63) is 50.4 Å². The van der Waals surface area contributed by atoms with Gasteiger partial charge in [-0.25, -0.2) is 18.7 Å². The fourth-order valence-corrected chi connectivity index (χ4v) is 1.60. The number of nitrogens with zero attached hydrogens (tertiary/aromatic N) is 3. The van der Waals surface area contributed by atoms with Crippen LogP contribution >= 0.6 is 0 Å². The van der Waals surface area contributed by atoms with E-state index in [-0.39, 0.29) is 5.75 Å². The molecule has 0 saturated heterocycles. The number of hydrogen-bond acceptors (Lipinski definition) is 5. The van der Waals surface area contributed by atoms with Crippen LogP contribution in [0.1, 0.15) is 10.4 Å². The largest absolute Gasteiger partial charge is 0.478 e. The van der Waals surface area contributed by atoms with E-state index in [1.54, 1.807) is 0 Å². The van der Waals surface area contributed by atoms with E-state index >= 15 is 0 Å². The van der Waals surface area contributed by atoms with Gasteiger partial charge in [-0.15, -0.1) is 5.10 Å². The molecular formula is C12H10FN3O5. The lowest BCUT2D eigenvalue weighted by Crippen LogP contribution is -2.38. The molecule has 0 radical (unpaired) electrons. The lowest BCUT2D eigenvalue weighted by Gasteiger charge is -2.09. The summed E-state index contributed by atoms with van der Waals surface area (Å²) in [5.74, 6) is -2.94. The van der Waals surface area contributed by atoms with Crippen LogP contribution in [0.25, 0.3) is 0 Å². The van der Waals surface area contributed by atoms with Gasteiger partial charge < -0.3 is 9.84 Å². The van der Waals surface area contributed by atoms with Gasteiger partial charge in [0.1, 0.15) is 17.1 Å². The van der Waals surface area contributed by atoms with Crippen molar-refractivity contribution in [3.8, 4) is 11.6 Å². The highest BCUT2D eigenvalue weighted by molar-refractivity contribution is 5.90. The second-order valence-electron chi connectivity index (χ2n) is 4.12. The molecule has 0 aliphatic heterocycles. The standard InChI is InChI=1S/C12H10FN3O5/c1-15-10(17)9(14-16(2)12(15)20)21-8-4-3-6(13)5-7(8)11(18)19/h3-5H,1-2H3,(H,18,19). The molecule has 0 unspecified atom stereocenters. The van der Waals surface area contributed by atoms with E-state index in [1.165, 1.54) is 14.1 Å². The summed E-state index contributed by atoms with van der Waals surface area (Å²) in [6, 6.07) is 2.79. The summed E-state index contributed by atoms with van der Waals surface area (Å²) in [6.45, 7) is 0. The maximum atomic E-state index is 13.1. The molecular weight excluding hydrogens is 285 g/mol. The molecule has 0 amide bonds. The number of rotatable bonds is 3. The van der Waals surface area contributed by atoms with E-state index in [0.29, 0.717) is 0 Å². The van der Waals surface area contributed by atoms with E-state index in [2.05, 4.69) is 5.10 Å². The first-order valence-electron chi connectivity index (χ1n) is 5.66. The first-order valence-corrected chi connectivity index (χ1v) is 5.66. The Balaban J connectivity index is 2.56. The predicted molar refractivity (Wildman–Crippen MR) is 68.2 cm³/mol. The molecule has 1 heterocycles. The number of ether oxygens (including phenoxy) is 1. The van der Waals surface area contributed by atoms with Gasteiger partial charge in [-0.05, 0) is 18.2 Å². The molecule has 0 fully saturated rings. The van der Waals surface area contributed by atoms with Gasteiger partial charge in [0.05, 0.1) is 0 Å². The maximum absolute atomic E-state index is 13.1. The molecule has 1 aromatic carbocycles. The molecule has 2 rings (SSSR count). The van der Waals surface area contributed by atoms with Crippen LogP contribution in [-0.4, -0.2) is 25.4 Å². The molecule has 0 aliphatic carbocycles. The number of carboxylic acid groups (broad SMARTS) is 1. The van der Waals surface area contributed by atoms with Crippen molar-refractivity contribution in [3.63, 3.8) is 0 Å². The Bertz CT molecular complexity index is 840. The Kier molecular flexibility index (Phi) is 3.57. The van der Waals surface area contributed by atoms with Crippen LogP contribution in [0.2, 0.25) is 0 Å². The van der Waals surface area contributed by atoms with E-state index in [0.717, 1.165) is 27.4 Å². The summed E-state index contributed by atoms with van der Waals surface area (Å²) in [5, 5.41) is 12.6. The summed E-state index contributed by atoms with van der Waals surface area (Å²) in [7, 11) is 2.53. The molecule has 2 aromatic rings. The lowest BCUT2D eigenvalue weighted by molar-refractivity contribution is 0.0693. The van der Waals surface area contributed by atoms with Crippen LogP contribution in [0.5, 0.6) is 11.6 Å². The van der Waals surface area contributed by atoms with Gasteiger partial charge in [-0.1, -0.05) is 0 Å². The summed E-state index contributed by atoms with van der Waals surface area (Å²) in [4.78, 5) is 34.3. The van der Waals surface area contributed by atoms with Crippen molar-refractivity contribution in [1.29, 1.82) is 0 Å².